The van der Waals surface area contributed by atoms with Crippen LogP contribution in [0, 0.1) is 13.8 Å². The molecule has 2 aromatic carbocycles. The molecule has 1 unspecified atom stereocenters. The number of nitrogens with one attached hydrogen (secondary N) is 1. The maximum atomic E-state index is 5.85. The first kappa shape index (κ1) is 19.6. The monoisotopic (exact) mass is 384 g/mol. The van der Waals surface area contributed by atoms with Crippen LogP contribution in [0.15, 0.2) is 42.5 Å². The average molecular weight is 385 g/mol. The normalized spacial score (nSPS) is 16.2. The number of thiocarbonyl (C=S) groups is 1. The number of hydrogen-bond acceptors (Lipinski definition) is 3. The zero-order valence-electron chi connectivity index (χ0n) is 16.3. The fraction of sp³-hybridized carbons (Fsp3) is 0.409. The first-order valence-corrected chi connectivity index (χ1v) is 9.83. The predicted octanol–water partition coefficient (Wildman–Crippen LogP) is 4.69. The van der Waals surface area contributed by atoms with E-state index in [9.17, 15) is 0 Å². The largest absolute Gasteiger partial charge is 0.495 e. The van der Waals surface area contributed by atoms with E-state index in [-0.39, 0.29) is 6.10 Å². The van der Waals surface area contributed by atoms with Gasteiger partial charge in [0.15, 0.2) is 5.11 Å². The molecule has 0 saturated carbocycles. The van der Waals surface area contributed by atoms with Crippen molar-refractivity contribution in [1.82, 2.24) is 4.90 Å². The Hall–Kier alpha value is -2.11. The average Bonchev–Trinajstić information content (AvgIpc) is 3.16. The smallest absolute Gasteiger partial charge is 0.173 e. The number of anilines is 1. The highest BCUT2D eigenvalue weighted by Crippen LogP contribution is 2.26. The molecule has 0 aliphatic carbocycles. The van der Waals surface area contributed by atoms with E-state index in [1.807, 2.05) is 12.1 Å². The van der Waals surface area contributed by atoms with Crippen LogP contribution in [0.3, 0.4) is 0 Å². The molecular weight excluding hydrogens is 356 g/mol. The van der Waals surface area contributed by atoms with Crippen LogP contribution in [-0.4, -0.2) is 36.4 Å². The van der Waals surface area contributed by atoms with Crippen molar-refractivity contribution in [3.05, 3.63) is 59.2 Å². The van der Waals surface area contributed by atoms with Gasteiger partial charge in [0.2, 0.25) is 0 Å². The molecule has 1 fully saturated rings. The maximum absolute atomic E-state index is 5.85. The van der Waals surface area contributed by atoms with Crippen LogP contribution in [0.2, 0.25) is 0 Å². The van der Waals surface area contributed by atoms with Gasteiger partial charge in [-0.2, -0.15) is 0 Å². The molecule has 5 heteroatoms. The van der Waals surface area contributed by atoms with Gasteiger partial charge < -0.3 is 19.7 Å². The third-order valence-corrected chi connectivity index (χ3v) is 5.19. The van der Waals surface area contributed by atoms with Crippen molar-refractivity contribution in [3.8, 4) is 5.75 Å². The summed E-state index contributed by atoms with van der Waals surface area (Å²) in [5.41, 5.74) is 4.54. The highest BCUT2D eigenvalue weighted by molar-refractivity contribution is 7.80. The topological polar surface area (TPSA) is 33.7 Å². The Morgan fingerprint density at radius 3 is 2.59 bits per heavy atom. The van der Waals surface area contributed by atoms with Gasteiger partial charge in [-0.05, 0) is 62.2 Å². The van der Waals surface area contributed by atoms with Gasteiger partial charge in [0.25, 0.3) is 0 Å². The van der Waals surface area contributed by atoms with Crippen LogP contribution in [0.4, 0.5) is 5.69 Å². The number of hydrogen-bond donors (Lipinski definition) is 1. The van der Waals surface area contributed by atoms with Gasteiger partial charge in [-0.25, -0.2) is 0 Å². The Labute approximate surface area is 167 Å². The summed E-state index contributed by atoms with van der Waals surface area (Å²) < 4.78 is 11.3. The molecule has 1 atom stereocenters. The third kappa shape index (κ3) is 5.44. The first-order valence-electron chi connectivity index (χ1n) is 9.43. The molecule has 1 aliphatic heterocycles. The van der Waals surface area contributed by atoms with Crippen molar-refractivity contribution < 1.29 is 9.47 Å². The Morgan fingerprint density at radius 1 is 1.19 bits per heavy atom. The predicted molar refractivity (Wildman–Crippen MR) is 115 cm³/mol. The van der Waals surface area contributed by atoms with E-state index >= 15 is 0 Å². The molecule has 144 valence electrons. The van der Waals surface area contributed by atoms with Crippen LogP contribution in [0.5, 0.6) is 5.75 Å². The molecule has 1 aliphatic rings. The van der Waals surface area contributed by atoms with Gasteiger partial charge in [0.1, 0.15) is 5.75 Å². The third-order valence-electron chi connectivity index (χ3n) is 4.83. The lowest BCUT2D eigenvalue weighted by atomic mass is 10.1. The van der Waals surface area contributed by atoms with Crippen molar-refractivity contribution in [2.45, 2.75) is 39.3 Å². The van der Waals surface area contributed by atoms with E-state index in [1.54, 1.807) is 7.11 Å². The molecule has 0 aromatic heterocycles. The lowest BCUT2D eigenvalue weighted by molar-refractivity contribution is 0.0905. The number of ether oxygens (including phenoxy) is 2. The van der Waals surface area contributed by atoms with E-state index in [1.165, 1.54) is 11.1 Å². The minimum atomic E-state index is 0.231. The molecule has 2 aromatic rings. The van der Waals surface area contributed by atoms with Crippen LogP contribution in [0.25, 0.3) is 0 Å². The van der Waals surface area contributed by atoms with Crippen LogP contribution in [-0.2, 0) is 11.3 Å². The van der Waals surface area contributed by atoms with Crippen LogP contribution in [0.1, 0.15) is 29.5 Å². The van der Waals surface area contributed by atoms with Crippen molar-refractivity contribution in [2.24, 2.45) is 0 Å². The summed E-state index contributed by atoms with van der Waals surface area (Å²) in [6, 6.07) is 14.6. The summed E-state index contributed by atoms with van der Waals surface area (Å²) in [6.45, 7) is 6.54. The van der Waals surface area contributed by atoms with Gasteiger partial charge in [-0.15, -0.1) is 0 Å². The van der Waals surface area contributed by atoms with Gasteiger partial charge in [-0.3, -0.25) is 0 Å². The molecule has 1 saturated heterocycles. The number of nitrogens with zero attached hydrogens (tertiary/aromatic N) is 1. The van der Waals surface area contributed by atoms with Gasteiger partial charge >= 0.3 is 0 Å². The Balaban J connectivity index is 1.77. The molecule has 3 rings (SSSR count). The maximum Gasteiger partial charge on any atom is 0.173 e. The number of rotatable bonds is 6. The Kier molecular flexibility index (Phi) is 6.69. The highest BCUT2D eigenvalue weighted by atomic mass is 32.1. The molecule has 0 radical (unpaired) electrons. The van der Waals surface area contributed by atoms with E-state index in [2.05, 4.69) is 54.4 Å². The minimum Gasteiger partial charge on any atom is -0.495 e. The van der Waals surface area contributed by atoms with Gasteiger partial charge in [0, 0.05) is 19.7 Å². The van der Waals surface area contributed by atoms with Gasteiger partial charge in [-0.1, -0.05) is 35.9 Å². The van der Waals surface area contributed by atoms with Crippen molar-refractivity contribution in [1.29, 1.82) is 0 Å². The molecule has 1 heterocycles. The van der Waals surface area contributed by atoms with E-state index < -0.39 is 0 Å². The fourth-order valence-corrected chi connectivity index (χ4v) is 3.53. The minimum absolute atomic E-state index is 0.231. The number of aryl methyl sites for hydroxylation is 2. The number of benzene rings is 2. The standard InChI is InChI=1S/C22H28N2O2S/c1-16-6-9-18(10-7-16)14-24(15-19-5-4-12-26-19)22(27)23-20-13-17(2)8-11-21(20)25-3/h6-11,13,19H,4-5,12,14-15H2,1-3H3,(H,23,27). The highest BCUT2D eigenvalue weighted by Gasteiger charge is 2.21. The lowest BCUT2D eigenvalue weighted by Gasteiger charge is -2.29. The second-order valence-electron chi connectivity index (χ2n) is 7.14. The summed E-state index contributed by atoms with van der Waals surface area (Å²) in [4.78, 5) is 2.19. The molecule has 0 bridgehead atoms. The molecule has 0 spiro atoms. The summed E-state index contributed by atoms with van der Waals surface area (Å²) in [5, 5.41) is 4.07. The fourth-order valence-electron chi connectivity index (χ4n) is 3.28. The lowest BCUT2D eigenvalue weighted by Crippen LogP contribution is -2.39. The molecule has 0 amide bonds. The second kappa shape index (κ2) is 9.20. The zero-order chi connectivity index (χ0) is 19.2. The molecule has 27 heavy (non-hydrogen) atoms. The molecule has 1 N–H and O–H groups in total. The van der Waals surface area contributed by atoms with Gasteiger partial charge in [0.05, 0.1) is 18.9 Å². The summed E-state index contributed by atoms with van der Waals surface area (Å²) >= 11 is 5.77. The van der Waals surface area contributed by atoms with E-state index in [4.69, 9.17) is 21.7 Å². The Morgan fingerprint density at radius 2 is 1.93 bits per heavy atom. The summed E-state index contributed by atoms with van der Waals surface area (Å²) in [6.07, 6.45) is 2.44. The van der Waals surface area contributed by atoms with Crippen LogP contribution < -0.4 is 10.1 Å². The zero-order valence-corrected chi connectivity index (χ0v) is 17.1. The van der Waals surface area contributed by atoms with E-state index in [0.29, 0.717) is 5.11 Å². The van der Waals surface area contributed by atoms with Crippen molar-refractivity contribution >= 4 is 23.0 Å². The first-order chi connectivity index (χ1) is 13.0. The van der Waals surface area contributed by atoms with Crippen LogP contribution >= 0.6 is 12.2 Å². The SMILES string of the molecule is COc1ccc(C)cc1NC(=S)N(Cc1ccc(C)cc1)CC1CCCO1. The van der Waals surface area contributed by atoms with E-state index in [0.717, 1.165) is 49.5 Å². The summed E-state index contributed by atoms with van der Waals surface area (Å²) in [5.74, 6) is 0.787. The Bertz CT molecular complexity index is 770. The van der Waals surface area contributed by atoms with Crippen molar-refractivity contribution in [3.63, 3.8) is 0 Å². The molecule has 4 nitrogen and oxygen atoms in total. The molecular formula is C22H28N2O2S. The quantitative estimate of drug-likeness (QED) is 0.731. The second-order valence-corrected chi connectivity index (χ2v) is 7.52. The van der Waals surface area contributed by atoms with Crippen molar-refractivity contribution in [2.75, 3.05) is 25.6 Å². The number of methoxy groups -OCH3 is 1. The summed E-state index contributed by atoms with van der Waals surface area (Å²) in [7, 11) is 1.68.